The smallest absolute Gasteiger partial charge is 0.253 e. The molecule has 0 atom stereocenters. The Bertz CT molecular complexity index is 1010. The van der Waals surface area contributed by atoms with Crippen molar-refractivity contribution < 1.29 is 17.6 Å². The Labute approximate surface area is 170 Å². The molecule has 29 heavy (non-hydrogen) atoms. The van der Waals surface area contributed by atoms with Crippen LogP contribution < -0.4 is 4.72 Å². The van der Waals surface area contributed by atoms with E-state index in [0.717, 1.165) is 0 Å². The summed E-state index contributed by atoms with van der Waals surface area (Å²) in [7, 11) is -3.69. The van der Waals surface area contributed by atoms with E-state index in [0.29, 0.717) is 43.9 Å². The van der Waals surface area contributed by atoms with Gasteiger partial charge in [0.1, 0.15) is 5.82 Å². The number of amides is 1. The van der Waals surface area contributed by atoms with Crippen LogP contribution in [0, 0.1) is 18.2 Å². The molecule has 1 amide bonds. The van der Waals surface area contributed by atoms with Crippen LogP contribution in [0.1, 0.15) is 15.9 Å². The van der Waals surface area contributed by atoms with Crippen LogP contribution >= 0.6 is 0 Å². The molecular weight excluding hydrogens is 393 g/mol. The van der Waals surface area contributed by atoms with Crippen LogP contribution in [0.4, 0.5) is 4.39 Å². The van der Waals surface area contributed by atoms with E-state index in [2.05, 4.69) is 15.5 Å². The first-order valence-electron chi connectivity index (χ1n) is 9.19. The highest BCUT2D eigenvalue weighted by Crippen LogP contribution is 2.15. The molecule has 0 radical (unpaired) electrons. The molecule has 0 saturated carbocycles. The Morgan fingerprint density at radius 3 is 2.34 bits per heavy atom. The van der Waals surface area contributed by atoms with E-state index < -0.39 is 10.0 Å². The topological polar surface area (TPSA) is 69.7 Å². The van der Waals surface area contributed by atoms with Crippen molar-refractivity contribution >= 4 is 15.9 Å². The molecule has 152 valence electrons. The minimum atomic E-state index is -3.69. The number of halogens is 1. The summed E-state index contributed by atoms with van der Waals surface area (Å²) in [4.78, 5) is 16.6. The number of rotatable bonds is 6. The summed E-state index contributed by atoms with van der Waals surface area (Å²) < 4.78 is 40.2. The summed E-state index contributed by atoms with van der Waals surface area (Å²) in [5.74, 6) is 1.83. The lowest BCUT2D eigenvalue weighted by Gasteiger charge is -2.34. The molecule has 0 aromatic heterocycles. The van der Waals surface area contributed by atoms with E-state index in [9.17, 15) is 17.6 Å². The number of terminal acetylenes is 1. The number of nitrogens with one attached hydrogen (secondary N) is 1. The lowest BCUT2D eigenvalue weighted by atomic mass is 10.1. The van der Waals surface area contributed by atoms with E-state index in [1.807, 2.05) is 6.07 Å². The molecule has 3 rings (SSSR count). The number of hydrogen-bond acceptors (Lipinski definition) is 4. The Morgan fingerprint density at radius 2 is 1.72 bits per heavy atom. The number of piperazine rings is 1. The number of carbonyl (C=O) groups excluding carboxylic acids is 1. The first-order chi connectivity index (χ1) is 13.9. The highest BCUT2D eigenvalue weighted by molar-refractivity contribution is 7.89. The van der Waals surface area contributed by atoms with Crippen molar-refractivity contribution in [3.63, 3.8) is 0 Å². The van der Waals surface area contributed by atoms with Gasteiger partial charge in [-0.1, -0.05) is 24.1 Å². The Morgan fingerprint density at radius 1 is 1.07 bits per heavy atom. The summed E-state index contributed by atoms with van der Waals surface area (Å²) in [5, 5.41) is 0. The van der Waals surface area contributed by atoms with Crippen LogP contribution in [0.2, 0.25) is 0 Å². The molecule has 1 heterocycles. The van der Waals surface area contributed by atoms with Gasteiger partial charge in [-0.15, -0.1) is 6.42 Å². The van der Waals surface area contributed by atoms with Crippen molar-refractivity contribution in [3.8, 4) is 12.3 Å². The van der Waals surface area contributed by atoms with E-state index in [4.69, 9.17) is 6.42 Å². The molecule has 2 aromatic carbocycles. The zero-order chi connectivity index (χ0) is 20.9. The molecule has 1 aliphatic rings. The van der Waals surface area contributed by atoms with Crippen molar-refractivity contribution in [2.75, 3.05) is 32.7 Å². The number of benzene rings is 2. The Kier molecular flexibility index (Phi) is 6.64. The highest BCUT2D eigenvalue weighted by atomic mass is 32.2. The second-order valence-corrected chi connectivity index (χ2v) is 8.48. The van der Waals surface area contributed by atoms with Gasteiger partial charge in [0.25, 0.3) is 5.91 Å². The van der Waals surface area contributed by atoms with Gasteiger partial charge >= 0.3 is 0 Å². The zero-order valence-corrected chi connectivity index (χ0v) is 16.7. The number of nitrogens with zero attached hydrogens (tertiary/aromatic N) is 2. The fraction of sp³-hybridized carbons (Fsp3) is 0.286. The van der Waals surface area contributed by atoms with Gasteiger partial charge in [-0.05, 0) is 30.3 Å². The molecule has 0 spiro atoms. The minimum absolute atomic E-state index is 0.0546. The van der Waals surface area contributed by atoms with Crippen LogP contribution in [0.25, 0.3) is 0 Å². The average molecular weight is 415 g/mol. The molecule has 0 bridgehead atoms. The molecule has 1 N–H and O–H groups in total. The average Bonchev–Trinajstić information content (AvgIpc) is 2.74. The molecule has 0 aliphatic carbocycles. The van der Waals surface area contributed by atoms with E-state index in [1.165, 1.54) is 30.3 Å². The molecule has 1 fully saturated rings. The largest absolute Gasteiger partial charge is 0.336 e. The first kappa shape index (κ1) is 21.0. The van der Waals surface area contributed by atoms with Crippen molar-refractivity contribution in [2.45, 2.75) is 11.4 Å². The SMILES string of the molecule is C#CCNS(=O)(=O)c1ccc(C(=O)N2CCN(Cc3ccccc3F)CC2)cc1. The third-order valence-corrected chi connectivity index (χ3v) is 6.20. The van der Waals surface area contributed by atoms with Crippen molar-refractivity contribution in [3.05, 3.63) is 65.5 Å². The van der Waals surface area contributed by atoms with E-state index in [1.54, 1.807) is 17.0 Å². The standard InChI is InChI=1S/C21H22FN3O3S/c1-2-11-23-29(27,28)19-9-7-17(8-10-19)21(26)25-14-12-24(13-15-25)16-18-5-3-4-6-20(18)22/h1,3-10,23H,11-16H2. The van der Waals surface area contributed by atoms with Gasteiger partial charge in [-0.2, -0.15) is 4.72 Å². The number of hydrogen-bond donors (Lipinski definition) is 1. The van der Waals surface area contributed by atoms with Crippen LogP contribution in [-0.4, -0.2) is 56.8 Å². The maximum Gasteiger partial charge on any atom is 0.253 e. The number of carbonyl (C=O) groups is 1. The van der Waals surface area contributed by atoms with Crippen LogP contribution in [0.3, 0.4) is 0 Å². The fourth-order valence-corrected chi connectivity index (χ4v) is 4.09. The summed E-state index contributed by atoms with van der Waals surface area (Å²) in [6, 6.07) is 12.5. The first-order valence-corrected chi connectivity index (χ1v) is 10.7. The monoisotopic (exact) mass is 415 g/mol. The van der Waals surface area contributed by atoms with Gasteiger partial charge in [0.05, 0.1) is 11.4 Å². The van der Waals surface area contributed by atoms with Gasteiger partial charge in [0.2, 0.25) is 10.0 Å². The van der Waals surface area contributed by atoms with Gasteiger partial charge in [-0.3, -0.25) is 9.69 Å². The Balaban J connectivity index is 1.58. The van der Waals surface area contributed by atoms with Gasteiger partial charge in [0.15, 0.2) is 0 Å². The van der Waals surface area contributed by atoms with Crippen molar-refractivity contribution in [2.24, 2.45) is 0 Å². The number of sulfonamides is 1. The van der Waals surface area contributed by atoms with Crippen LogP contribution in [0.5, 0.6) is 0 Å². The van der Waals surface area contributed by atoms with Crippen molar-refractivity contribution in [1.82, 2.24) is 14.5 Å². The van der Waals surface area contributed by atoms with E-state index >= 15 is 0 Å². The summed E-state index contributed by atoms with van der Waals surface area (Å²) in [6.45, 7) is 2.74. The lowest BCUT2D eigenvalue weighted by Crippen LogP contribution is -2.48. The van der Waals surface area contributed by atoms with E-state index in [-0.39, 0.29) is 23.2 Å². The van der Waals surface area contributed by atoms with Gasteiger partial charge in [-0.25, -0.2) is 12.8 Å². The molecule has 1 aliphatic heterocycles. The summed E-state index contributed by atoms with van der Waals surface area (Å²) in [5.41, 5.74) is 1.06. The maximum atomic E-state index is 13.8. The van der Waals surface area contributed by atoms with Crippen LogP contribution in [0.15, 0.2) is 53.4 Å². The predicted molar refractivity (Wildman–Crippen MR) is 108 cm³/mol. The van der Waals surface area contributed by atoms with Gasteiger partial charge < -0.3 is 4.90 Å². The molecule has 1 saturated heterocycles. The minimum Gasteiger partial charge on any atom is -0.336 e. The van der Waals surface area contributed by atoms with Crippen molar-refractivity contribution in [1.29, 1.82) is 0 Å². The molecule has 2 aromatic rings. The predicted octanol–water partition coefficient (Wildman–Crippen LogP) is 1.70. The molecule has 0 unspecified atom stereocenters. The summed E-state index contributed by atoms with van der Waals surface area (Å²) in [6.07, 6.45) is 5.07. The quantitative estimate of drug-likeness (QED) is 0.729. The third kappa shape index (κ3) is 5.21. The van der Waals surface area contributed by atoms with Crippen LogP contribution in [-0.2, 0) is 16.6 Å². The Hall–Kier alpha value is -2.73. The molecular formula is C21H22FN3O3S. The second kappa shape index (κ2) is 9.18. The summed E-state index contributed by atoms with van der Waals surface area (Å²) >= 11 is 0. The second-order valence-electron chi connectivity index (χ2n) is 6.71. The molecule has 6 nitrogen and oxygen atoms in total. The fourth-order valence-electron chi connectivity index (χ4n) is 3.16. The third-order valence-electron chi connectivity index (χ3n) is 4.79. The highest BCUT2D eigenvalue weighted by Gasteiger charge is 2.23. The molecule has 8 heteroatoms. The van der Waals surface area contributed by atoms with Gasteiger partial charge in [0, 0.05) is 43.9 Å². The lowest BCUT2D eigenvalue weighted by molar-refractivity contribution is 0.0627. The zero-order valence-electron chi connectivity index (χ0n) is 15.8. The maximum absolute atomic E-state index is 13.8. The normalized spacial score (nSPS) is 15.1.